The molecule has 0 radical (unpaired) electrons. The zero-order valence-corrected chi connectivity index (χ0v) is 11.2. The monoisotopic (exact) mass is 250 g/mol. The molecule has 0 bridgehead atoms. The van der Waals surface area contributed by atoms with Gasteiger partial charge < -0.3 is 10.2 Å². The zero-order valence-electron chi connectivity index (χ0n) is 11.2. The summed E-state index contributed by atoms with van der Waals surface area (Å²) in [5, 5.41) is 0. The van der Waals surface area contributed by atoms with E-state index in [2.05, 4.69) is 15.4 Å². The van der Waals surface area contributed by atoms with Gasteiger partial charge >= 0.3 is 0 Å². The molecule has 0 amide bonds. The second-order valence-electron chi connectivity index (χ2n) is 4.85. The minimum Gasteiger partial charge on any atom is -0.477 e. The van der Waals surface area contributed by atoms with Crippen LogP contribution in [0.3, 0.4) is 0 Å². The summed E-state index contributed by atoms with van der Waals surface area (Å²) in [4.78, 5) is 8.72. The van der Waals surface area contributed by atoms with Crippen LogP contribution in [0.4, 0.5) is 5.82 Å². The van der Waals surface area contributed by atoms with Crippen LogP contribution in [0.1, 0.15) is 44.0 Å². The van der Waals surface area contributed by atoms with Crippen LogP contribution in [0.2, 0.25) is 0 Å². The van der Waals surface area contributed by atoms with Gasteiger partial charge in [0, 0.05) is 6.42 Å². The van der Waals surface area contributed by atoms with Gasteiger partial charge in [0.1, 0.15) is 11.6 Å². The number of aryl methyl sites for hydroxylation is 1. The van der Waals surface area contributed by atoms with Gasteiger partial charge in [0.15, 0.2) is 0 Å². The molecule has 1 aromatic rings. The Balaban J connectivity index is 2.00. The lowest BCUT2D eigenvalue weighted by Crippen LogP contribution is -2.16. The summed E-state index contributed by atoms with van der Waals surface area (Å²) in [7, 11) is 0. The number of nitrogens with one attached hydrogen (secondary N) is 1. The number of hydrazine groups is 1. The molecule has 3 N–H and O–H groups in total. The molecule has 2 rings (SSSR count). The van der Waals surface area contributed by atoms with Crippen molar-refractivity contribution in [1.29, 1.82) is 0 Å². The fourth-order valence-corrected chi connectivity index (χ4v) is 2.08. The molecule has 0 atom stereocenters. The number of hydrogen-bond donors (Lipinski definition) is 2. The van der Waals surface area contributed by atoms with E-state index >= 15 is 0 Å². The largest absolute Gasteiger partial charge is 0.477 e. The van der Waals surface area contributed by atoms with E-state index in [1.807, 2.05) is 13.8 Å². The smallest absolute Gasteiger partial charge is 0.221 e. The molecule has 0 saturated heterocycles. The van der Waals surface area contributed by atoms with Crippen molar-refractivity contribution in [2.24, 2.45) is 11.8 Å². The van der Waals surface area contributed by atoms with Crippen LogP contribution < -0.4 is 16.0 Å². The van der Waals surface area contributed by atoms with Crippen molar-refractivity contribution in [3.8, 4) is 5.88 Å². The van der Waals surface area contributed by atoms with Crippen LogP contribution in [0.5, 0.6) is 5.88 Å². The molecule has 0 unspecified atom stereocenters. The number of ether oxygens (including phenoxy) is 1. The van der Waals surface area contributed by atoms with E-state index in [1.54, 1.807) is 0 Å². The molecule has 1 fully saturated rings. The fourth-order valence-electron chi connectivity index (χ4n) is 2.08. The van der Waals surface area contributed by atoms with E-state index in [-0.39, 0.29) is 0 Å². The van der Waals surface area contributed by atoms with Gasteiger partial charge in [-0.2, -0.15) is 4.98 Å². The minimum atomic E-state index is 0.653. The highest BCUT2D eigenvalue weighted by Crippen LogP contribution is 2.29. The summed E-state index contributed by atoms with van der Waals surface area (Å²) < 4.78 is 5.78. The summed E-state index contributed by atoms with van der Waals surface area (Å²) in [5.74, 6) is 8.38. The van der Waals surface area contributed by atoms with Crippen LogP contribution in [-0.4, -0.2) is 16.6 Å². The molecule has 0 aliphatic heterocycles. The average molecular weight is 250 g/mol. The summed E-state index contributed by atoms with van der Waals surface area (Å²) in [6.45, 7) is 4.67. The van der Waals surface area contributed by atoms with Crippen LogP contribution in [0.25, 0.3) is 0 Å². The van der Waals surface area contributed by atoms with E-state index in [9.17, 15) is 0 Å². The lowest BCUT2D eigenvalue weighted by Gasteiger charge is -2.25. The molecular formula is C13H22N4O. The van der Waals surface area contributed by atoms with Crippen molar-refractivity contribution in [3.05, 3.63) is 11.4 Å². The highest BCUT2D eigenvalue weighted by Gasteiger charge is 2.17. The van der Waals surface area contributed by atoms with Gasteiger partial charge in [0.05, 0.1) is 12.2 Å². The predicted molar refractivity (Wildman–Crippen MR) is 71.4 cm³/mol. The van der Waals surface area contributed by atoms with Gasteiger partial charge in [0.25, 0.3) is 0 Å². The Labute approximate surface area is 108 Å². The number of rotatable bonds is 6. The van der Waals surface area contributed by atoms with Crippen molar-refractivity contribution >= 4 is 5.82 Å². The van der Waals surface area contributed by atoms with Crippen LogP contribution in [0.15, 0.2) is 0 Å². The number of nitrogens with two attached hydrogens (primary N) is 1. The third-order valence-corrected chi connectivity index (χ3v) is 3.59. The molecule has 1 saturated carbocycles. The summed E-state index contributed by atoms with van der Waals surface area (Å²) >= 11 is 0. The van der Waals surface area contributed by atoms with Crippen LogP contribution in [0, 0.1) is 12.8 Å². The number of anilines is 1. The van der Waals surface area contributed by atoms with E-state index in [1.165, 1.54) is 19.3 Å². The predicted octanol–water partition coefficient (Wildman–Crippen LogP) is 2.20. The van der Waals surface area contributed by atoms with Gasteiger partial charge in [-0.15, -0.1) is 0 Å². The Bertz CT molecular complexity index is 404. The zero-order chi connectivity index (χ0) is 13.0. The first-order valence-corrected chi connectivity index (χ1v) is 6.71. The van der Waals surface area contributed by atoms with Gasteiger partial charge in [-0.1, -0.05) is 26.2 Å². The highest BCUT2D eigenvalue weighted by atomic mass is 16.5. The van der Waals surface area contributed by atoms with Gasteiger partial charge in [0.2, 0.25) is 5.88 Å². The van der Waals surface area contributed by atoms with E-state index in [0.717, 1.165) is 36.8 Å². The molecule has 5 nitrogen and oxygen atoms in total. The molecule has 5 heteroatoms. The Morgan fingerprint density at radius 1 is 1.39 bits per heavy atom. The normalized spacial score (nSPS) is 15.3. The first kappa shape index (κ1) is 13.1. The topological polar surface area (TPSA) is 73.1 Å². The maximum atomic E-state index is 5.78. The molecule has 1 aliphatic carbocycles. The fraction of sp³-hybridized carbons (Fsp3) is 0.692. The second-order valence-corrected chi connectivity index (χ2v) is 4.85. The van der Waals surface area contributed by atoms with E-state index < -0.39 is 0 Å². The summed E-state index contributed by atoms with van der Waals surface area (Å²) in [5.41, 5.74) is 3.48. The number of nitrogens with zero attached hydrogens (tertiary/aromatic N) is 2. The van der Waals surface area contributed by atoms with E-state index in [4.69, 9.17) is 10.6 Å². The summed E-state index contributed by atoms with van der Waals surface area (Å²) in [6.07, 6.45) is 5.96. The Hall–Kier alpha value is -1.36. The molecular weight excluding hydrogens is 228 g/mol. The number of nitrogen functional groups attached to an aromatic ring is 1. The van der Waals surface area contributed by atoms with Gasteiger partial charge in [-0.05, 0) is 19.3 Å². The first-order valence-electron chi connectivity index (χ1n) is 6.71. The maximum Gasteiger partial charge on any atom is 0.221 e. The standard InChI is InChI=1S/C13H22N4O/c1-3-11-15-12(17-14)9(2)13(16-11)18-8-7-10-5-4-6-10/h10H,3-8,14H2,1-2H3,(H,15,16,17). The van der Waals surface area contributed by atoms with Crippen molar-refractivity contribution in [2.45, 2.75) is 46.0 Å². The maximum absolute atomic E-state index is 5.78. The Morgan fingerprint density at radius 2 is 2.17 bits per heavy atom. The van der Waals surface area contributed by atoms with Crippen LogP contribution >= 0.6 is 0 Å². The number of aromatic nitrogens is 2. The molecule has 0 spiro atoms. The van der Waals surface area contributed by atoms with Gasteiger partial charge in [-0.3, -0.25) is 0 Å². The molecule has 1 aromatic heterocycles. The second kappa shape index (κ2) is 6.00. The van der Waals surface area contributed by atoms with Crippen LogP contribution in [-0.2, 0) is 6.42 Å². The van der Waals surface area contributed by atoms with E-state index in [0.29, 0.717) is 11.7 Å². The van der Waals surface area contributed by atoms with Crippen molar-refractivity contribution < 1.29 is 4.74 Å². The molecule has 18 heavy (non-hydrogen) atoms. The average Bonchev–Trinajstić information content (AvgIpc) is 2.34. The van der Waals surface area contributed by atoms with Crippen molar-refractivity contribution in [3.63, 3.8) is 0 Å². The van der Waals surface area contributed by atoms with Crippen molar-refractivity contribution in [2.75, 3.05) is 12.0 Å². The Morgan fingerprint density at radius 3 is 2.72 bits per heavy atom. The molecule has 0 aromatic carbocycles. The lowest BCUT2D eigenvalue weighted by atomic mass is 9.83. The third-order valence-electron chi connectivity index (χ3n) is 3.59. The summed E-state index contributed by atoms with van der Waals surface area (Å²) in [6, 6.07) is 0. The first-order chi connectivity index (χ1) is 8.74. The third kappa shape index (κ3) is 2.90. The highest BCUT2D eigenvalue weighted by molar-refractivity contribution is 5.47. The lowest BCUT2D eigenvalue weighted by molar-refractivity contribution is 0.216. The number of hydrogen-bond acceptors (Lipinski definition) is 5. The van der Waals surface area contributed by atoms with Gasteiger partial charge in [-0.25, -0.2) is 10.8 Å². The Kier molecular flexibility index (Phi) is 4.36. The minimum absolute atomic E-state index is 0.653. The molecule has 100 valence electrons. The quantitative estimate of drug-likeness (QED) is 0.598. The van der Waals surface area contributed by atoms with Crippen molar-refractivity contribution in [1.82, 2.24) is 9.97 Å². The molecule has 1 aliphatic rings. The SMILES string of the molecule is CCc1nc(NN)c(C)c(OCCC2CCC2)n1. The molecule has 1 heterocycles.